The molecule has 116 valence electrons. The second-order valence-corrected chi connectivity index (χ2v) is 7.05. The Morgan fingerprint density at radius 3 is 2.90 bits per heavy atom. The van der Waals surface area contributed by atoms with Crippen LogP contribution in [0.1, 0.15) is 21.7 Å². The molecule has 2 atom stereocenters. The number of hydrogen-bond donors (Lipinski definition) is 2. The van der Waals surface area contributed by atoms with E-state index in [4.69, 9.17) is 0 Å². The fraction of sp³-hybridized carbons (Fsp3) is 0.714. The van der Waals surface area contributed by atoms with E-state index in [9.17, 15) is 4.79 Å². The summed E-state index contributed by atoms with van der Waals surface area (Å²) in [5.74, 6) is 0.0691. The van der Waals surface area contributed by atoms with Gasteiger partial charge in [-0.2, -0.15) is 16.9 Å². The van der Waals surface area contributed by atoms with Crippen LogP contribution in [0.25, 0.3) is 0 Å². The molecule has 6 nitrogen and oxygen atoms in total. The minimum atomic E-state index is 0.0691. The van der Waals surface area contributed by atoms with Crippen molar-refractivity contribution in [3.63, 3.8) is 0 Å². The summed E-state index contributed by atoms with van der Waals surface area (Å²) >= 11 is 1.84. The van der Waals surface area contributed by atoms with Crippen molar-refractivity contribution in [3.05, 3.63) is 17.0 Å². The number of carbonyl (C=O) groups is 1. The second-order valence-electron chi connectivity index (χ2n) is 5.97. The van der Waals surface area contributed by atoms with Crippen LogP contribution >= 0.6 is 11.8 Å². The van der Waals surface area contributed by atoms with Gasteiger partial charge in [0.2, 0.25) is 0 Å². The molecule has 2 N–H and O–H groups in total. The van der Waals surface area contributed by atoms with Crippen LogP contribution in [-0.2, 0) is 13.0 Å². The SMILES string of the molecule is CSC1CN(C(=O)c2n[nH]c3c2CNCC3)CC1N(C)C. The van der Waals surface area contributed by atoms with Crippen LogP contribution in [0.15, 0.2) is 0 Å². The molecule has 1 aromatic heterocycles. The van der Waals surface area contributed by atoms with E-state index in [-0.39, 0.29) is 5.91 Å². The minimum Gasteiger partial charge on any atom is -0.334 e. The van der Waals surface area contributed by atoms with Crippen molar-refractivity contribution >= 4 is 17.7 Å². The molecule has 2 unspecified atom stereocenters. The van der Waals surface area contributed by atoms with Crippen LogP contribution in [0, 0.1) is 0 Å². The molecule has 0 bridgehead atoms. The summed E-state index contributed by atoms with van der Waals surface area (Å²) in [6, 6.07) is 0.414. The molecule has 0 aliphatic carbocycles. The fourth-order valence-corrected chi connectivity index (χ4v) is 4.17. The van der Waals surface area contributed by atoms with E-state index in [1.54, 1.807) is 0 Å². The zero-order chi connectivity index (χ0) is 15.0. The first-order valence-corrected chi connectivity index (χ1v) is 8.66. The summed E-state index contributed by atoms with van der Waals surface area (Å²) in [5.41, 5.74) is 2.78. The van der Waals surface area contributed by atoms with Crippen molar-refractivity contribution < 1.29 is 4.79 Å². The summed E-state index contributed by atoms with van der Waals surface area (Å²) in [5, 5.41) is 11.1. The maximum atomic E-state index is 12.8. The van der Waals surface area contributed by atoms with Gasteiger partial charge in [0.05, 0.1) is 0 Å². The number of H-pyrrole nitrogens is 1. The topological polar surface area (TPSA) is 64.3 Å². The van der Waals surface area contributed by atoms with Crippen molar-refractivity contribution in [2.75, 3.05) is 40.0 Å². The van der Waals surface area contributed by atoms with Gasteiger partial charge in [-0.05, 0) is 20.4 Å². The number of rotatable bonds is 3. The first-order valence-electron chi connectivity index (χ1n) is 7.37. The smallest absolute Gasteiger partial charge is 0.274 e. The van der Waals surface area contributed by atoms with Crippen molar-refractivity contribution in [1.29, 1.82) is 0 Å². The molecule has 2 aliphatic heterocycles. The van der Waals surface area contributed by atoms with Crippen LogP contribution in [0.5, 0.6) is 0 Å². The molecule has 1 amide bonds. The van der Waals surface area contributed by atoms with Gasteiger partial charge < -0.3 is 15.1 Å². The first-order chi connectivity index (χ1) is 10.1. The summed E-state index contributed by atoms with van der Waals surface area (Å²) < 4.78 is 0. The van der Waals surface area contributed by atoms with Crippen molar-refractivity contribution in [3.8, 4) is 0 Å². The number of likely N-dealkylation sites (N-methyl/N-ethyl adjacent to an activating group) is 1. The highest BCUT2D eigenvalue weighted by atomic mass is 32.2. The van der Waals surface area contributed by atoms with Crippen LogP contribution in [-0.4, -0.2) is 77.2 Å². The molecule has 0 radical (unpaired) electrons. The molecule has 1 fully saturated rings. The van der Waals surface area contributed by atoms with E-state index in [0.717, 1.165) is 43.9 Å². The predicted molar refractivity (Wildman–Crippen MR) is 84.7 cm³/mol. The lowest BCUT2D eigenvalue weighted by atomic mass is 10.1. The van der Waals surface area contributed by atoms with Crippen molar-refractivity contribution in [2.45, 2.75) is 24.3 Å². The molecule has 1 saturated heterocycles. The molecule has 7 heteroatoms. The van der Waals surface area contributed by atoms with Crippen LogP contribution in [0.4, 0.5) is 0 Å². The van der Waals surface area contributed by atoms with Gasteiger partial charge >= 0.3 is 0 Å². The number of aromatic nitrogens is 2. The number of likely N-dealkylation sites (tertiary alicyclic amines) is 1. The summed E-state index contributed by atoms with van der Waals surface area (Å²) in [4.78, 5) is 17.0. The third kappa shape index (κ3) is 2.69. The Labute approximate surface area is 129 Å². The Morgan fingerprint density at radius 2 is 2.24 bits per heavy atom. The second kappa shape index (κ2) is 5.98. The number of thioether (sulfide) groups is 1. The largest absolute Gasteiger partial charge is 0.334 e. The normalized spacial score (nSPS) is 25.4. The molecule has 0 aromatic carbocycles. The Kier molecular flexibility index (Phi) is 4.24. The van der Waals surface area contributed by atoms with Crippen LogP contribution < -0.4 is 5.32 Å². The highest BCUT2D eigenvalue weighted by Gasteiger charge is 2.37. The lowest BCUT2D eigenvalue weighted by molar-refractivity contribution is 0.0776. The van der Waals surface area contributed by atoms with E-state index in [2.05, 4.69) is 40.8 Å². The summed E-state index contributed by atoms with van der Waals surface area (Å²) in [7, 11) is 4.17. The summed E-state index contributed by atoms with van der Waals surface area (Å²) in [6.45, 7) is 3.28. The standard InChI is InChI=1S/C14H23N5OS/c1-18(2)11-7-19(8-12(11)21-3)14(20)13-9-6-15-5-4-10(9)16-17-13/h11-12,15H,4-8H2,1-3H3,(H,16,17). The van der Waals surface area contributed by atoms with Gasteiger partial charge in [-0.1, -0.05) is 0 Å². The molecule has 1 aromatic rings. The third-order valence-electron chi connectivity index (χ3n) is 4.50. The van der Waals surface area contributed by atoms with E-state index in [0.29, 0.717) is 17.0 Å². The predicted octanol–water partition coefficient (Wildman–Crippen LogP) is 0.173. The first kappa shape index (κ1) is 14.9. The third-order valence-corrected chi connectivity index (χ3v) is 5.57. The maximum Gasteiger partial charge on any atom is 0.274 e. The number of aromatic amines is 1. The van der Waals surface area contributed by atoms with Crippen LogP contribution in [0.2, 0.25) is 0 Å². The van der Waals surface area contributed by atoms with Gasteiger partial charge in [-0.25, -0.2) is 0 Å². The van der Waals surface area contributed by atoms with Crippen molar-refractivity contribution in [2.24, 2.45) is 0 Å². The minimum absolute atomic E-state index is 0.0691. The average Bonchev–Trinajstić information content (AvgIpc) is 3.10. The van der Waals surface area contributed by atoms with Crippen molar-refractivity contribution in [1.82, 2.24) is 25.3 Å². The number of nitrogens with one attached hydrogen (secondary N) is 2. The fourth-order valence-electron chi connectivity index (χ4n) is 3.20. The number of hydrogen-bond acceptors (Lipinski definition) is 5. The van der Waals surface area contributed by atoms with E-state index in [1.165, 1.54) is 0 Å². The Balaban J connectivity index is 1.78. The molecule has 2 aliphatic rings. The van der Waals surface area contributed by atoms with E-state index < -0.39 is 0 Å². The maximum absolute atomic E-state index is 12.8. The van der Waals surface area contributed by atoms with E-state index in [1.807, 2.05) is 16.7 Å². The average molecular weight is 309 g/mol. The van der Waals surface area contributed by atoms with Gasteiger partial charge in [0.15, 0.2) is 5.69 Å². The summed E-state index contributed by atoms with van der Waals surface area (Å²) in [6.07, 6.45) is 3.04. The molecule has 0 spiro atoms. The van der Waals surface area contributed by atoms with Crippen LogP contribution in [0.3, 0.4) is 0 Å². The number of fused-ring (bicyclic) bond motifs is 1. The zero-order valence-electron chi connectivity index (χ0n) is 12.8. The Hall–Kier alpha value is -1.05. The Bertz CT molecular complexity index is 529. The molecule has 21 heavy (non-hydrogen) atoms. The number of carbonyl (C=O) groups excluding carboxylic acids is 1. The molecular formula is C14H23N5OS. The van der Waals surface area contributed by atoms with Gasteiger partial charge in [0.25, 0.3) is 5.91 Å². The molecular weight excluding hydrogens is 286 g/mol. The quantitative estimate of drug-likeness (QED) is 0.833. The highest BCUT2D eigenvalue weighted by Crippen LogP contribution is 2.26. The molecule has 3 heterocycles. The van der Waals surface area contributed by atoms with Gasteiger partial charge in [0, 0.05) is 55.1 Å². The van der Waals surface area contributed by atoms with E-state index >= 15 is 0 Å². The Morgan fingerprint density at radius 1 is 1.43 bits per heavy atom. The zero-order valence-corrected chi connectivity index (χ0v) is 13.7. The van der Waals surface area contributed by atoms with Gasteiger partial charge in [0.1, 0.15) is 0 Å². The van der Waals surface area contributed by atoms with Gasteiger partial charge in [-0.15, -0.1) is 0 Å². The monoisotopic (exact) mass is 309 g/mol. The lowest BCUT2D eigenvalue weighted by Crippen LogP contribution is -2.37. The number of nitrogens with zero attached hydrogens (tertiary/aromatic N) is 3. The molecule has 3 rings (SSSR count). The molecule has 0 saturated carbocycles. The lowest BCUT2D eigenvalue weighted by Gasteiger charge is -2.23. The number of amides is 1. The van der Waals surface area contributed by atoms with Gasteiger partial charge in [-0.3, -0.25) is 9.89 Å². The highest BCUT2D eigenvalue weighted by molar-refractivity contribution is 7.99.